The van der Waals surface area contributed by atoms with Crippen LogP contribution in [-0.4, -0.2) is 23.8 Å². The van der Waals surface area contributed by atoms with Crippen LogP contribution in [0.3, 0.4) is 0 Å². The van der Waals surface area contributed by atoms with Crippen LogP contribution in [0.2, 0.25) is 0 Å². The molecule has 0 heterocycles. The minimum Gasteiger partial charge on any atom is -0.481 e. The number of nitrogens with one attached hydrogen (secondary N) is 3. The molecule has 0 aliphatic carbocycles. The van der Waals surface area contributed by atoms with Gasteiger partial charge in [-0.3, -0.25) is 25.2 Å². The smallest absolute Gasteiger partial charge is 0.279 e. The predicted octanol–water partition coefficient (Wildman–Crippen LogP) is 2.57. The maximum absolute atomic E-state index is 12.1. The molecule has 0 aromatic heterocycles. The zero-order chi connectivity index (χ0) is 19.8. The molecule has 2 aromatic carbocycles. The molecule has 2 aromatic rings. The Hall–Kier alpha value is -3.35. The van der Waals surface area contributed by atoms with Crippen LogP contribution >= 0.6 is 0 Å². The van der Waals surface area contributed by atoms with Gasteiger partial charge in [0.05, 0.1) is 0 Å². The fraction of sp³-hybridized carbons (Fsp3) is 0.250. The summed E-state index contributed by atoms with van der Waals surface area (Å²) in [5, 5.41) is 2.69. The summed E-state index contributed by atoms with van der Waals surface area (Å²) in [6.45, 7) is 5.23. The first kappa shape index (κ1) is 20.0. The molecule has 2 rings (SSSR count). The third-order valence-electron chi connectivity index (χ3n) is 3.82. The first-order valence-corrected chi connectivity index (χ1v) is 8.63. The average molecular weight is 369 g/mol. The van der Waals surface area contributed by atoms with Gasteiger partial charge in [0.1, 0.15) is 5.75 Å². The maximum atomic E-state index is 12.1. The lowest BCUT2D eigenvalue weighted by atomic mass is 10.2. The van der Waals surface area contributed by atoms with Crippen molar-refractivity contribution >= 4 is 23.4 Å². The van der Waals surface area contributed by atoms with Crippen LogP contribution in [0.25, 0.3) is 0 Å². The second-order valence-corrected chi connectivity index (χ2v) is 5.95. The van der Waals surface area contributed by atoms with Gasteiger partial charge in [0.2, 0.25) is 5.91 Å². The van der Waals surface area contributed by atoms with Gasteiger partial charge in [-0.15, -0.1) is 0 Å². The number of amides is 3. The van der Waals surface area contributed by atoms with Gasteiger partial charge in [-0.1, -0.05) is 25.1 Å². The largest absolute Gasteiger partial charge is 0.481 e. The summed E-state index contributed by atoms with van der Waals surface area (Å²) in [6.07, 6.45) is -0.408. The van der Waals surface area contributed by atoms with Gasteiger partial charge in [0.15, 0.2) is 6.10 Å². The van der Waals surface area contributed by atoms with E-state index < -0.39 is 17.9 Å². The molecule has 3 N–H and O–H groups in total. The molecule has 0 aliphatic heterocycles. The number of rotatable bonds is 6. The number of carbonyl (C=O) groups excluding carboxylic acids is 3. The Bertz CT molecular complexity index is 818. The molecule has 142 valence electrons. The van der Waals surface area contributed by atoms with Gasteiger partial charge in [-0.05, 0) is 49.7 Å². The summed E-state index contributed by atoms with van der Waals surface area (Å²) in [4.78, 5) is 35.6. The van der Waals surface area contributed by atoms with E-state index >= 15 is 0 Å². The molecule has 0 saturated heterocycles. The van der Waals surface area contributed by atoms with E-state index in [1.165, 1.54) is 0 Å². The summed E-state index contributed by atoms with van der Waals surface area (Å²) in [5.41, 5.74) is 6.55. The van der Waals surface area contributed by atoms with Crippen molar-refractivity contribution in [1.29, 1.82) is 0 Å². The Balaban J connectivity index is 1.86. The number of hydrazine groups is 1. The Morgan fingerprint density at radius 2 is 1.67 bits per heavy atom. The van der Waals surface area contributed by atoms with Crippen LogP contribution in [0.5, 0.6) is 5.75 Å². The SMILES string of the molecule is CCC(=O)Nc1ccc(C(=O)NNC(=O)C(C)Oc2ccccc2C)cc1. The van der Waals surface area contributed by atoms with Gasteiger partial charge in [0.25, 0.3) is 11.8 Å². The number of anilines is 1. The fourth-order valence-electron chi connectivity index (χ4n) is 2.18. The molecule has 0 spiro atoms. The van der Waals surface area contributed by atoms with Crippen molar-refractivity contribution in [2.24, 2.45) is 0 Å². The Morgan fingerprint density at radius 3 is 2.30 bits per heavy atom. The van der Waals surface area contributed by atoms with Crippen molar-refractivity contribution in [2.45, 2.75) is 33.3 Å². The van der Waals surface area contributed by atoms with Crippen molar-refractivity contribution in [2.75, 3.05) is 5.32 Å². The monoisotopic (exact) mass is 369 g/mol. The van der Waals surface area contributed by atoms with E-state index in [-0.39, 0.29) is 5.91 Å². The van der Waals surface area contributed by atoms with E-state index in [0.29, 0.717) is 23.4 Å². The second kappa shape index (κ2) is 9.38. The van der Waals surface area contributed by atoms with E-state index in [2.05, 4.69) is 16.2 Å². The summed E-state index contributed by atoms with van der Waals surface area (Å²) < 4.78 is 5.60. The lowest BCUT2D eigenvalue weighted by Gasteiger charge is -2.16. The van der Waals surface area contributed by atoms with E-state index in [9.17, 15) is 14.4 Å². The zero-order valence-corrected chi connectivity index (χ0v) is 15.5. The standard InChI is InChI=1S/C20H23N3O4/c1-4-18(24)21-16-11-9-15(10-12-16)20(26)23-22-19(25)14(3)27-17-8-6-5-7-13(17)2/h5-12,14H,4H2,1-3H3,(H,21,24)(H,22,25)(H,23,26). The molecule has 7 heteroatoms. The lowest BCUT2D eigenvalue weighted by molar-refractivity contribution is -0.128. The lowest BCUT2D eigenvalue weighted by Crippen LogP contribution is -2.47. The Morgan fingerprint density at radius 1 is 1.00 bits per heavy atom. The predicted molar refractivity (Wildman–Crippen MR) is 102 cm³/mol. The number of hydrogen-bond acceptors (Lipinski definition) is 4. The number of benzene rings is 2. The van der Waals surface area contributed by atoms with Gasteiger partial charge in [-0.25, -0.2) is 0 Å². The second-order valence-electron chi connectivity index (χ2n) is 5.95. The molecule has 0 saturated carbocycles. The van der Waals surface area contributed by atoms with Crippen molar-refractivity contribution < 1.29 is 19.1 Å². The van der Waals surface area contributed by atoms with Crippen LogP contribution in [0.1, 0.15) is 36.2 Å². The highest BCUT2D eigenvalue weighted by atomic mass is 16.5. The van der Waals surface area contributed by atoms with Crippen LogP contribution in [-0.2, 0) is 9.59 Å². The van der Waals surface area contributed by atoms with E-state index in [0.717, 1.165) is 5.56 Å². The summed E-state index contributed by atoms with van der Waals surface area (Å²) >= 11 is 0. The number of hydrogen-bond donors (Lipinski definition) is 3. The minimum absolute atomic E-state index is 0.109. The van der Waals surface area contributed by atoms with E-state index in [1.54, 1.807) is 44.2 Å². The topological polar surface area (TPSA) is 96.5 Å². The van der Waals surface area contributed by atoms with Crippen LogP contribution in [0, 0.1) is 6.92 Å². The fourth-order valence-corrected chi connectivity index (χ4v) is 2.18. The molecule has 1 atom stereocenters. The first-order chi connectivity index (χ1) is 12.9. The van der Waals surface area contributed by atoms with E-state index in [1.807, 2.05) is 25.1 Å². The van der Waals surface area contributed by atoms with Crippen LogP contribution < -0.4 is 20.9 Å². The summed E-state index contributed by atoms with van der Waals surface area (Å²) in [7, 11) is 0. The zero-order valence-electron chi connectivity index (χ0n) is 15.5. The minimum atomic E-state index is -0.780. The number of ether oxygens (including phenoxy) is 1. The average Bonchev–Trinajstić information content (AvgIpc) is 2.68. The normalized spacial score (nSPS) is 11.2. The van der Waals surface area contributed by atoms with Crippen molar-refractivity contribution in [1.82, 2.24) is 10.9 Å². The quantitative estimate of drug-likeness (QED) is 0.682. The number of carbonyl (C=O) groups is 3. The molecular weight excluding hydrogens is 346 g/mol. The summed E-state index contributed by atoms with van der Waals surface area (Å²) in [6, 6.07) is 13.7. The first-order valence-electron chi connectivity index (χ1n) is 8.63. The summed E-state index contributed by atoms with van der Waals surface area (Å²) in [5.74, 6) is -0.448. The molecule has 7 nitrogen and oxygen atoms in total. The highest BCUT2D eigenvalue weighted by molar-refractivity contribution is 5.97. The van der Waals surface area contributed by atoms with Crippen molar-refractivity contribution in [3.63, 3.8) is 0 Å². The number of para-hydroxylation sites is 1. The third-order valence-corrected chi connectivity index (χ3v) is 3.82. The van der Waals surface area contributed by atoms with Crippen molar-refractivity contribution in [3.05, 3.63) is 59.7 Å². The molecule has 27 heavy (non-hydrogen) atoms. The molecular formula is C20H23N3O4. The molecule has 0 radical (unpaired) electrons. The molecule has 0 fully saturated rings. The Kier molecular flexibility index (Phi) is 6.93. The van der Waals surface area contributed by atoms with Gasteiger partial charge in [-0.2, -0.15) is 0 Å². The van der Waals surface area contributed by atoms with Gasteiger partial charge in [0, 0.05) is 17.7 Å². The van der Waals surface area contributed by atoms with Crippen LogP contribution in [0.4, 0.5) is 5.69 Å². The van der Waals surface area contributed by atoms with Gasteiger partial charge < -0.3 is 10.1 Å². The third kappa shape index (κ3) is 5.85. The van der Waals surface area contributed by atoms with Gasteiger partial charge >= 0.3 is 0 Å². The highest BCUT2D eigenvalue weighted by Crippen LogP contribution is 2.17. The van der Waals surface area contributed by atoms with Crippen molar-refractivity contribution in [3.8, 4) is 5.75 Å². The Labute approximate surface area is 158 Å². The highest BCUT2D eigenvalue weighted by Gasteiger charge is 2.16. The maximum Gasteiger partial charge on any atom is 0.279 e. The molecule has 0 bridgehead atoms. The molecule has 0 aliphatic rings. The number of aryl methyl sites for hydroxylation is 1. The van der Waals surface area contributed by atoms with Crippen LogP contribution in [0.15, 0.2) is 48.5 Å². The van der Waals surface area contributed by atoms with E-state index in [4.69, 9.17) is 4.74 Å². The molecule has 1 unspecified atom stereocenters. The molecule has 3 amide bonds.